The van der Waals surface area contributed by atoms with Crippen LogP contribution in [0.5, 0.6) is 0 Å². The zero-order chi connectivity index (χ0) is 13.8. The number of allylic oxidation sites excluding steroid dienone is 4. The van der Waals surface area contributed by atoms with E-state index < -0.39 is 5.97 Å². The molecule has 1 fully saturated rings. The summed E-state index contributed by atoms with van der Waals surface area (Å²) < 4.78 is 0. The molecule has 1 rings (SSSR count). The van der Waals surface area contributed by atoms with Gasteiger partial charge in [-0.15, -0.1) is 0 Å². The van der Waals surface area contributed by atoms with Gasteiger partial charge in [-0.25, -0.2) is 0 Å². The SMILES string of the molecule is CC(C)=CCCC(C)=CCCC1(C)CC1C(=O)O. The molecule has 0 aliphatic heterocycles. The van der Waals surface area contributed by atoms with Gasteiger partial charge in [-0.05, 0) is 58.3 Å². The van der Waals surface area contributed by atoms with Crippen LogP contribution in [-0.4, -0.2) is 11.1 Å². The van der Waals surface area contributed by atoms with Gasteiger partial charge in [0.25, 0.3) is 0 Å². The standard InChI is InChI=1S/C16H26O2/c1-12(2)7-5-8-13(3)9-6-10-16(4)11-14(16)15(17)18/h7,9,14H,5-6,8,10-11H2,1-4H3,(H,17,18). The first-order chi connectivity index (χ1) is 8.35. The maximum Gasteiger partial charge on any atom is 0.307 e. The summed E-state index contributed by atoms with van der Waals surface area (Å²) in [6, 6.07) is 0. The minimum absolute atomic E-state index is 0.0581. The molecular weight excluding hydrogens is 224 g/mol. The fourth-order valence-electron chi connectivity index (χ4n) is 2.41. The zero-order valence-electron chi connectivity index (χ0n) is 12.1. The van der Waals surface area contributed by atoms with Crippen molar-refractivity contribution in [2.75, 3.05) is 0 Å². The quantitative estimate of drug-likeness (QED) is 0.672. The molecule has 2 unspecified atom stereocenters. The van der Waals surface area contributed by atoms with Gasteiger partial charge in [0, 0.05) is 0 Å². The Bertz CT molecular complexity index is 361. The monoisotopic (exact) mass is 250 g/mol. The molecule has 1 saturated carbocycles. The molecule has 18 heavy (non-hydrogen) atoms. The highest BCUT2D eigenvalue weighted by Gasteiger charge is 2.53. The van der Waals surface area contributed by atoms with Crippen molar-refractivity contribution < 1.29 is 9.90 Å². The van der Waals surface area contributed by atoms with Crippen molar-refractivity contribution in [3.05, 3.63) is 23.3 Å². The van der Waals surface area contributed by atoms with Crippen molar-refractivity contribution in [1.29, 1.82) is 0 Å². The van der Waals surface area contributed by atoms with Gasteiger partial charge in [-0.3, -0.25) is 4.79 Å². The average molecular weight is 250 g/mol. The Hall–Kier alpha value is -1.05. The number of hydrogen-bond donors (Lipinski definition) is 1. The summed E-state index contributed by atoms with van der Waals surface area (Å²) in [6.07, 6.45) is 9.64. The molecule has 2 nitrogen and oxygen atoms in total. The van der Waals surface area contributed by atoms with Crippen LogP contribution in [0.1, 0.15) is 59.8 Å². The van der Waals surface area contributed by atoms with E-state index in [9.17, 15) is 4.79 Å². The second-order valence-corrected chi connectivity index (χ2v) is 6.16. The Balaban J connectivity index is 2.24. The van der Waals surface area contributed by atoms with E-state index >= 15 is 0 Å². The highest BCUT2D eigenvalue weighted by Crippen LogP contribution is 2.55. The first-order valence-corrected chi connectivity index (χ1v) is 6.87. The van der Waals surface area contributed by atoms with Crippen molar-refractivity contribution in [1.82, 2.24) is 0 Å². The minimum atomic E-state index is -0.623. The Morgan fingerprint density at radius 3 is 2.44 bits per heavy atom. The van der Waals surface area contributed by atoms with Crippen LogP contribution in [0.2, 0.25) is 0 Å². The summed E-state index contributed by atoms with van der Waals surface area (Å²) in [4.78, 5) is 10.9. The number of aliphatic carboxylic acids is 1. The molecule has 102 valence electrons. The highest BCUT2D eigenvalue weighted by atomic mass is 16.4. The van der Waals surface area contributed by atoms with Gasteiger partial charge in [-0.1, -0.05) is 30.2 Å². The molecule has 0 saturated heterocycles. The molecule has 0 spiro atoms. The van der Waals surface area contributed by atoms with Crippen LogP contribution in [0.15, 0.2) is 23.3 Å². The first-order valence-electron chi connectivity index (χ1n) is 6.87. The van der Waals surface area contributed by atoms with Gasteiger partial charge in [-0.2, -0.15) is 0 Å². The predicted octanol–water partition coefficient (Wildman–Crippen LogP) is 4.57. The van der Waals surface area contributed by atoms with Crippen molar-refractivity contribution in [3.8, 4) is 0 Å². The van der Waals surface area contributed by atoms with Crippen molar-refractivity contribution in [3.63, 3.8) is 0 Å². The maximum atomic E-state index is 10.9. The smallest absolute Gasteiger partial charge is 0.307 e. The van der Waals surface area contributed by atoms with Crippen LogP contribution in [0.25, 0.3) is 0 Å². The Kier molecular flexibility index (Phi) is 5.18. The fourth-order valence-corrected chi connectivity index (χ4v) is 2.41. The van der Waals surface area contributed by atoms with Crippen LogP contribution in [0.4, 0.5) is 0 Å². The second kappa shape index (κ2) is 6.21. The van der Waals surface area contributed by atoms with E-state index in [0.717, 1.165) is 32.1 Å². The fraction of sp³-hybridized carbons (Fsp3) is 0.688. The first kappa shape index (κ1) is 15.0. The second-order valence-electron chi connectivity index (χ2n) is 6.16. The topological polar surface area (TPSA) is 37.3 Å². The van der Waals surface area contributed by atoms with E-state index in [-0.39, 0.29) is 11.3 Å². The summed E-state index contributed by atoms with van der Waals surface area (Å²) in [6.45, 7) is 8.51. The largest absolute Gasteiger partial charge is 0.481 e. The lowest BCUT2D eigenvalue weighted by Gasteiger charge is -2.07. The lowest BCUT2D eigenvalue weighted by molar-refractivity contribution is -0.139. The molecule has 0 heterocycles. The molecule has 0 bridgehead atoms. The van der Waals surface area contributed by atoms with E-state index in [2.05, 4.69) is 39.8 Å². The molecule has 1 N–H and O–H groups in total. The molecule has 1 aliphatic rings. The summed E-state index contributed by atoms with van der Waals surface area (Å²) in [5.41, 5.74) is 2.85. The third kappa shape index (κ3) is 4.67. The molecular formula is C16H26O2. The summed E-state index contributed by atoms with van der Waals surface area (Å²) in [5.74, 6) is -0.723. The van der Waals surface area contributed by atoms with Gasteiger partial charge in [0.1, 0.15) is 0 Å². The molecule has 0 amide bonds. The summed E-state index contributed by atoms with van der Waals surface area (Å²) in [7, 11) is 0. The van der Waals surface area contributed by atoms with Crippen molar-refractivity contribution >= 4 is 5.97 Å². The van der Waals surface area contributed by atoms with Crippen LogP contribution in [-0.2, 0) is 4.79 Å². The van der Waals surface area contributed by atoms with E-state index in [1.54, 1.807) is 0 Å². The Labute approximate surface area is 111 Å². The van der Waals surface area contributed by atoms with Crippen LogP contribution in [0.3, 0.4) is 0 Å². The number of carboxylic acids is 1. The number of rotatable bonds is 7. The molecule has 0 aromatic rings. The third-order valence-corrected chi connectivity index (χ3v) is 3.95. The number of carbonyl (C=O) groups is 1. The van der Waals surface area contributed by atoms with Gasteiger partial charge in [0.05, 0.1) is 5.92 Å². The summed E-state index contributed by atoms with van der Waals surface area (Å²) in [5, 5.41) is 8.94. The van der Waals surface area contributed by atoms with E-state index in [1.165, 1.54) is 11.1 Å². The van der Waals surface area contributed by atoms with Gasteiger partial charge in [0.15, 0.2) is 0 Å². The average Bonchev–Trinajstić information content (AvgIpc) is 2.90. The van der Waals surface area contributed by atoms with E-state index in [0.29, 0.717) is 0 Å². The van der Waals surface area contributed by atoms with Gasteiger partial charge >= 0.3 is 5.97 Å². The molecule has 1 aliphatic carbocycles. The van der Waals surface area contributed by atoms with Crippen molar-refractivity contribution in [2.45, 2.75) is 59.8 Å². The van der Waals surface area contributed by atoms with Crippen LogP contribution < -0.4 is 0 Å². The highest BCUT2D eigenvalue weighted by molar-refractivity contribution is 5.74. The predicted molar refractivity (Wildman–Crippen MR) is 75.5 cm³/mol. The normalized spacial score (nSPS) is 26.9. The van der Waals surface area contributed by atoms with Gasteiger partial charge < -0.3 is 5.11 Å². The Morgan fingerprint density at radius 2 is 1.94 bits per heavy atom. The lowest BCUT2D eigenvalue weighted by atomic mass is 9.98. The lowest BCUT2D eigenvalue weighted by Crippen LogP contribution is -2.06. The molecule has 2 atom stereocenters. The molecule has 2 heteroatoms. The molecule has 0 radical (unpaired) electrons. The van der Waals surface area contributed by atoms with Crippen molar-refractivity contribution in [2.24, 2.45) is 11.3 Å². The molecule has 0 aromatic carbocycles. The zero-order valence-corrected chi connectivity index (χ0v) is 12.1. The van der Waals surface area contributed by atoms with Crippen LogP contribution >= 0.6 is 0 Å². The van der Waals surface area contributed by atoms with E-state index in [4.69, 9.17) is 5.11 Å². The summed E-state index contributed by atoms with van der Waals surface area (Å²) >= 11 is 0. The van der Waals surface area contributed by atoms with Crippen LogP contribution in [0, 0.1) is 11.3 Å². The molecule has 0 aromatic heterocycles. The minimum Gasteiger partial charge on any atom is -0.481 e. The van der Waals surface area contributed by atoms with E-state index in [1.807, 2.05) is 0 Å². The number of carboxylic acid groups (broad SMARTS) is 1. The maximum absolute atomic E-state index is 10.9. The third-order valence-electron chi connectivity index (χ3n) is 3.95. The Morgan fingerprint density at radius 1 is 1.28 bits per heavy atom. The van der Waals surface area contributed by atoms with Gasteiger partial charge in [0.2, 0.25) is 0 Å². The number of hydrogen-bond acceptors (Lipinski definition) is 1.